The highest BCUT2D eigenvalue weighted by Crippen LogP contribution is 2.30. The Kier molecular flexibility index (Phi) is 6.83. The summed E-state index contributed by atoms with van der Waals surface area (Å²) in [4.78, 5) is 25.6. The standard InChI is InChI=1S/C21H23F3N2O2/c1-14(2)16-7-9-19(10-8-16)26(15(3)27)12-11-20(28)25-18-6-4-5-17(13-18)21(22,23)24/h4-10,13-14H,11-12H2,1-3H3,(H,25,28). The molecule has 1 N–H and O–H groups in total. The van der Waals surface area contributed by atoms with Gasteiger partial charge in [-0.15, -0.1) is 0 Å². The molecule has 0 fully saturated rings. The van der Waals surface area contributed by atoms with E-state index in [0.29, 0.717) is 11.6 Å². The molecule has 0 saturated heterocycles. The summed E-state index contributed by atoms with van der Waals surface area (Å²) < 4.78 is 38.3. The minimum absolute atomic E-state index is 0.0399. The van der Waals surface area contributed by atoms with Crippen LogP contribution in [-0.4, -0.2) is 18.4 Å². The molecular weight excluding hydrogens is 369 g/mol. The third-order valence-electron chi connectivity index (χ3n) is 4.29. The molecule has 28 heavy (non-hydrogen) atoms. The van der Waals surface area contributed by atoms with E-state index in [0.717, 1.165) is 17.7 Å². The number of nitrogens with zero attached hydrogens (tertiary/aromatic N) is 1. The molecule has 0 aliphatic carbocycles. The lowest BCUT2D eigenvalue weighted by Gasteiger charge is -2.21. The smallest absolute Gasteiger partial charge is 0.326 e. The normalized spacial score (nSPS) is 11.4. The molecule has 0 aromatic heterocycles. The highest BCUT2D eigenvalue weighted by molar-refractivity contribution is 5.94. The van der Waals surface area contributed by atoms with Crippen LogP contribution in [0.4, 0.5) is 24.5 Å². The second kappa shape index (κ2) is 8.91. The van der Waals surface area contributed by atoms with Crippen LogP contribution in [0.25, 0.3) is 0 Å². The largest absolute Gasteiger partial charge is 0.416 e. The first-order valence-corrected chi connectivity index (χ1v) is 8.93. The Balaban J connectivity index is 2.02. The van der Waals surface area contributed by atoms with E-state index < -0.39 is 17.6 Å². The molecule has 0 spiro atoms. The van der Waals surface area contributed by atoms with Gasteiger partial charge in [0.2, 0.25) is 11.8 Å². The van der Waals surface area contributed by atoms with Crippen LogP contribution in [-0.2, 0) is 15.8 Å². The highest BCUT2D eigenvalue weighted by Gasteiger charge is 2.30. The number of alkyl halides is 3. The van der Waals surface area contributed by atoms with E-state index in [1.165, 1.54) is 24.0 Å². The van der Waals surface area contributed by atoms with Crippen LogP contribution >= 0.6 is 0 Å². The van der Waals surface area contributed by atoms with E-state index in [1.54, 1.807) is 0 Å². The van der Waals surface area contributed by atoms with E-state index in [-0.39, 0.29) is 24.6 Å². The third kappa shape index (κ3) is 5.84. The highest BCUT2D eigenvalue weighted by atomic mass is 19.4. The molecule has 0 saturated carbocycles. The predicted molar refractivity (Wildman–Crippen MR) is 103 cm³/mol. The summed E-state index contributed by atoms with van der Waals surface area (Å²) in [6, 6.07) is 11.9. The first kappa shape index (κ1) is 21.5. The maximum absolute atomic E-state index is 12.8. The number of hydrogen-bond acceptors (Lipinski definition) is 2. The number of benzene rings is 2. The van der Waals surface area contributed by atoms with Crippen molar-refractivity contribution in [2.75, 3.05) is 16.8 Å². The molecule has 0 radical (unpaired) electrons. The third-order valence-corrected chi connectivity index (χ3v) is 4.29. The lowest BCUT2D eigenvalue weighted by molar-refractivity contribution is -0.137. The topological polar surface area (TPSA) is 49.4 Å². The molecule has 7 heteroatoms. The van der Waals surface area contributed by atoms with Crippen LogP contribution in [0.5, 0.6) is 0 Å². The molecule has 0 aliphatic heterocycles. The van der Waals surface area contributed by atoms with Crippen molar-refractivity contribution in [3.63, 3.8) is 0 Å². The fraction of sp³-hybridized carbons (Fsp3) is 0.333. The first-order valence-electron chi connectivity index (χ1n) is 8.93. The SMILES string of the molecule is CC(=O)N(CCC(=O)Nc1cccc(C(F)(F)F)c1)c1ccc(C(C)C)cc1. The maximum atomic E-state index is 12.8. The van der Waals surface area contributed by atoms with Gasteiger partial charge in [-0.05, 0) is 41.8 Å². The fourth-order valence-electron chi connectivity index (χ4n) is 2.72. The number of halogens is 3. The Morgan fingerprint density at radius 2 is 1.71 bits per heavy atom. The predicted octanol–water partition coefficient (Wildman–Crippen LogP) is 5.21. The summed E-state index contributed by atoms with van der Waals surface area (Å²) in [5, 5.41) is 2.45. The van der Waals surface area contributed by atoms with Crippen LogP contribution in [0.15, 0.2) is 48.5 Å². The van der Waals surface area contributed by atoms with E-state index in [1.807, 2.05) is 24.3 Å². The summed E-state index contributed by atoms with van der Waals surface area (Å²) in [6.45, 7) is 5.66. The van der Waals surface area contributed by atoms with Crippen LogP contribution in [0.3, 0.4) is 0 Å². The van der Waals surface area contributed by atoms with Crippen molar-refractivity contribution in [1.29, 1.82) is 0 Å². The molecule has 4 nitrogen and oxygen atoms in total. The Morgan fingerprint density at radius 3 is 2.25 bits per heavy atom. The van der Waals surface area contributed by atoms with Gasteiger partial charge >= 0.3 is 6.18 Å². The summed E-state index contributed by atoms with van der Waals surface area (Å²) in [7, 11) is 0. The van der Waals surface area contributed by atoms with Crippen LogP contribution in [0.2, 0.25) is 0 Å². The van der Waals surface area contributed by atoms with Crippen molar-refractivity contribution in [1.82, 2.24) is 0 Å². The fourth-order valence-corrected chi connectivity index (χ4v) is 2.72. The lowest BCUT2D eigenvalue weighted by atomic mass is 10.0. The number of amides is 2. The van der Waals surface area contributed by atoms with Gasteiger partial charge < -0.3 is 10.2 Å². The second-order valence-electron chi connectivity index (χ2n) is 6.79. The van der Waals surface area contributed by atoms with Crippen molar-refractivity contribution in [3.8, 4) is 0 Å². The minimum atomic E-state index is -4.48. The molecule has 2 rings (SSSR count). The number of carbonyl (C=O) groups is 2. The zero-order valence-electron chi connectivity index (χ0n) is 16.0. The number of nitrogens with one attached hydrogen (secondary N) is 1. The zero-order valence-corrected chi connectivity index (χ0v) is 16.0. The Hall–Kier alpha value is -2.83. The van der Waals surface area contributed by atoms with Gasteiger partial charge in [-0.1, -0.05) is 32.0 Å². The van der Waals surface area contributed by atoms with Crippen molar-refractivity contribution < 1.29 is 22.8 Å². The summed E-state index contributed by atoms with van der Waals surface area (Å²) >= 11 is 0. The molecule has 2 amide bonds. The van der Waals surface area contributed by atoms with Gasteiger partial charge in [0.1, 0.15) is 0 Å². The van der Waals surface area contributed by atoms with Gasteiger partial charge in [-0.3, -0.25) is 9.59 Å². The maximum Gasteiger partial charge on any atom is 0.416 e. The lowest BCUT2D eigenvalue weighted by Crippen LogP contribution is -2.32. The number of hydrogen-bond donors (Lipinski definition) is 1. The zero-order chi connectivity index (χ0) is 20.9. The first-order chi connectivity index (χ1) is 13.1. The van der Waals surface area contributed by atoms with Gasteiger partial charge in [-0.25, -0.2) is 0 Å². The van der Waals surface area contributed by atoms with Crippen molar-refractivity contribution in [3.05, 3.63) is 59.7 Å². The van der Waals surface area contributed by atoms with Crippen molar-refractivity contribution in [2.24, 2.45) is 0 Å². The second-order valence-corrected chi connectivity index (χ2v) is 6.79. The van der Waals surface area contributed by atoms with Crippen LogP contribution in [0, 0.1) is 0 Å². The van der Waals surface area contributed by atoms with Gasteiger partial charge in [0.25, 0.3) is 0 Å². The summed E-state index contributed by atoms with van der Waals surface area (Å²) in [6.07, 6.45) is -4.52. The van der Waals surface area contributed by atoms with E-state index >= 15 is 0 Å². The van der Waals surface area contributed by atoms with Gasteiger partial charge in [0.15, 0.2) is 0 Å². The number of rotatable bonds is 6. The molecule has 0 heterocycles. The Bertz CT molecular complexity index is 830. The number of carbonyl (C=O) groups excluding carboxylic acids is 2. The van der Waals surface area contributed by atoms with E-state index in [9.17, 15) is 22.8 Å². The average Bonchev–Trinajstić information content (AvgIpc) is 2.61. The molecule has 150 valence electrons. The molecule has 0 bridgehead atoms. The molecule has 0 atom stereocenters. The van der Waals surface area contributed by atoms with Crippen LogP contribution in [0.1, 0.15) is 44.2 Å². The van der Waals surface area contributed by atoms with Crippen molar-refractivity contribution in [2.45, 2.75) is 39.3 Å². The van der Waals surface area contributed by atoms with Gasteiger partial charge in [0.05, 0.1) is 5.56 Å². The van der Waals surface area contributed by atoms with Gasteiger partial charge in [-0.2, -0.15) is 13.2 Å². The monoisotopic (exact) mass is 392 g/mol. The Labute approximate surface area is 162 Å². The minimum Gasteiger partial charge on any atom is -0.326 e. The van der Waals surface area contributed by atoms with E-state index in [2.05, 4.69) is 19.2 Å². The Morgan fingerprint density at radius 1 is 1.07 bits per heavy atom. The van der Waals surface area contributed by atoms with E-state index in [4.69, 9.17) is 0 Å². The molecular formula is C21H23F3N2O2. The molecule has 0 aliphatic rings. The summed E-state index contributed by atoms with van der Waals surface area (Å²) in [5.74, 6) is -0.327. The van der Waals surface area contributed by atoms with Crippen LogP contribution < -0.4 is 10.2 Å². The van der Waals surface area contributed by atoms with Crippen molar-refractivity contribution >= 4 is 23.2 Å². The molecule has 2 aromatic rings. The average molecular weight is 392 g/mol. The molecule has 2 aromatic carbocycles. The quantitative estimate of drug-likeness (QED) is 0.734. The summed E-state index contributed by atoms with van der Waals surface area (Å²) in [5.41, 5.74) is 1.04. The molecule has 0 unspecified atom stereocenters. The number of anilines is 2. The van der Waals surface area contributed by atoms with Gasteiger partial charge in [0, 0.05) is 31.3 Å².